The normalized spacial score (nSPS) is 10.8. The summed E-state index contributed by atoms with van der Waals surface area (Å²) in [6.07, 6.45) is 1.82. The molecule has 2 N–H and O–H groups in total. The van der Waals surface area contributed by atoms with Crippen LogP contribution in [0, 0.1) is 20.8 Å². The summed E-state index contributed by atoms with van der Waals surface area (Å²) >= 11 is 0. The van der Waals surface area contributed by atoms with Gasteiger partial charge in [0.05, 0.1) is 0 Å². The fourth-order valence-electron chi connectivity index (χ4n) is 4.75. The molecule has 3 aromatic heterocycles. The molecule has 7 heteroatoms. The minimum atomic E-state index is -0.689. The smallest absolute Gasteiger partial charge is 0.298 e. The van der Waals surface area contributed by atoms with Crippen LogP contribution in [-0.2, 0) is 4.79 Å². The van der Waals surface area contributed by atoms with Crippen LogP contribution in [0.5, 0.6) is 5.88 Å². The Labute approximate surface area is 227 Å². The molecule has 7 nitrogen and oxygen atoms in total. The average molecular weight is 519 g/mol. The Hall–Kier alpha value is -4.91. The number of aryl methyl sites for hydroxylation is 3. The van der Waals surface area contributed by atoms with Crippen molar-refractivity contribution in [1.29, 1.82) is 0 Å². The maximum absolute atomic E-state index is 13.5. The highest BCUT2D eigenvalue weighted by atomic mass is 16.5. The topological polar surface area (TPSA) is 84.7 Å². The van der Waals surface area contributed by atoms with Crippen LogP contribution in [0.15, 0.2) is 91.1 Å². The van der Waals surface area contributed by atoms with Gasteiger partial charge in [0.25, 0.3) is 11.7 Å². The van der Waals surface area contributed by atoms with Gasteiger partial charge in [-0.1, -0.05) is 36.4 Å². The van der Waals surface area contributed by atoms with Crippen molar-refractivity contribution >= 4 is 28.6 Å². The molecule has 1 amide bonds. The molecule has 5 aromatic rings. The number of hydrogen-bond donors (Lipinski definition) is 2. The first-order valence-electron chi connectivity index (χ1n) is 12.8. The number of ether oxygens (including phenoxy) is 1. The Kier molecular flexibility index (Phi) is 7.41. The van der Waals surface area contributed by atoms with E-state index in [-0.39, 0.29) is 0 Å². The molecule has 0 aliphatic heterocycles. The molecule has 5 rings (SSSR count). The van der Waals surface area contributed by atoms with E-state index < -0.39 is 11.7 Å². The molecule has 0 saturated carbocycles. The highest BCUT2D eigenvalue weighted by Gasteiger charge is 2.27. The van der Waals surface area contributed by atoms with E-state index in [1.54, 1.807) is 16.5 Å². The number of carbonyl (C=O) groups excluding carboxylic acids is 2. The summed E-state index contributed by atoms with van der Waals surface area (Å²) in [4.78, 5) is 31.0. The molecule has 0 saturated heterocycles. The van der Waals surface area contributed by atoms with Gasteiger partial charge >= 0.3 is 0 Å². The summed E-state index contributed by atoms with van der Waals surface area (Å²) in [5, 5.41) is 6.04. The summed E-state index contributed by atoms with van der Waals surface area (Å²) in [6, 6.07) is 26.5. The molecule has 0 spiro atoms. The lowest BCUT2D eigenvalue weighted by molar-refractivity contribution is -0.112. The fraction of sp³-hybridized carbons (Fsp3) is 0.156. The lowest BCUT2D eigenvalue weighted by Crippen LogP contribution is -2.24. The van der Waals surface area contributed by atoms with Gasteiger partial charge in [0.15, 0.2) is 0 Å². The van der Waals surface area contributed by atoms with Gasteiger partial charge in [0, 0.05) is 47.0 Å². The van der Waals surface area contributed by atoms with Crippen LogP contribution >= 0.6 is 0 Å². The molecule has 196 valence electrons. The van der Waals surface area contributed by atoms with Gasteiger partial charge in [0.1, 0.15) is 12.3 Å². The van der Waals surface area contributed by atoms with Gasteiger partial charge in [0.2, 0.25) is 5.88 Å². The Bertz CT molecular complexity index is 1620. The maximum Gasteiger partial charge on any atom is 0.298 e. The number of nitrogens with one attached hydrogen (secondary N) is 2. The van der Waals surface area contributed by atoms with E-state index in [0.29, 0.717) is 30.4 Å². The first kappa shape index (κ1) is 25.7. The number of fused-ring (bicyclic) bond motifs is 1. The van der Waals surface area contributed by atoms with E-state index in [1.807, 2.05) is 99.8 Å². The van der Waals surface area contributed by atoms with Crippen LogP contribution in [-0.4, -0.2) is 34.2 Å². The number of pyridine rings is 2. The van der Waals surface area contributed by atoms with Crippen LogP contribution in [0.2, 0.25) is 0 Å². The van der Waals surface area contributed by atoms with Crippen LogP contribution in [0.25, 0.3) is 16.6 Å². The quantitative estimate of drug-likeness (QED) is 0.137. The summed E-state index contributed by atoms with van der Waals surface area (Å²) in [6.45, 7) is 6.97. The number of benzene rings is 2. The summed E-state index contributed by atoms with van der Waals surface area (Å²) in [5.41, 5.74) is 7.28. The van der Waals surface area contributed by atoms with Crippen LogP contribution < -0.4 is 15.4 Å². The van der Waals surface area contributed by atoms with Crippen molar-refractivity contribution in [2.24, 2.45) is 0 Å². The summed E-state index contributed by atoms with van der Waals surface area (Å²) in [7, 11) is 0. The summed E-state index contributed by atoms with van der Waals surface area (Å²) in [5.74, 6) is -0.675. The van der Waals surface area contributed by atoms with Crippen molar-refractivity contribution in [2.75, 3.05) is 23.8 Å². The molecule has 39 heavy (non-hydrogen) atoms. The minimum absolute atomic E-state index is 0.350. The standard InChI is InChI=1S/C32H30N4O3/c1-21-19-22(2)34-28(20-21)39-18-16-33-25-12-14-26(15-13-25)35-32(38)31(37)30-29(24-9-5-4-6-10-24)23(3)27-11-7-8-17-36(27)30/h4-15,17,19-20,33H,16,18H2,1-3H3,(H,35,38). The number of rotatable bonds is 9. The molecule has 0 bridgehead atoms. The molecule has 0 radical (unpaired) electrons. The van der Waals surface area contributed by atoms with Gasteiger partial charge in [-0.2, -0.15) is 0 Å². The predicted octanol–water partition coefficient (Wildman–Crippen LogP) is 6.24. The van der Waals surface area contributed by atoms with E-state index in [2.05, 4.69) is 15.6 Å². The first-order valence-corrected chi connectivity index (χ1v) is 12.8. The second-order valence-electron chi connectivity index (χ2n) is 9.43. The van der Waals surface area contributed by atoms with Gasteiger partial charge in [-0.3, -0.25) is 9.59 Å². The van der Waals surface area contributed by atoms with Crippen molar-refractivity contribution in [1.82, 2.24) is 9.38 Å². The summed E-state index contributed by atoms with van der Waals surface area (Å²) < 4.78 is 7.53. The Morgan fingerprint density at radius 1 is 0.872 bits per heavy atom. The van der Waals surface area contributed by atoms with Crippen LogP contribution in [0.3, 0.4) is 0 Å². The van der Waals surface area contributed by atoms with Crippen LogP contribution in [0.4, 0.5) is 11.4 Å². The number of carbonyl (C=O) groups is 2. The number of Topliss-reactive ketones (excluding diaryl/α,β-unsaturated/α-hetero) is 1. The van der Waals surface area contributed by atoms with Gasteiger partial charge in [-0.15, -0.1) is 0 Å². The molecule has 0 atom stereocenters. The molecule has 0 aliphatic carbocycles. The van der Waals surface area contributed by atoms with Crippen molar-refractivity contribution in [2.45, 2.75) is 20.8 Å². The van der Waals surface area contributed by atoms with Crippen molar-refractivity contribution in [3.8, 4) is 17.0 Å². The van der Waals surface area contributed by atoms with E-state index >= 15 is 0 Å². The minimum Gasteiger partial charge on any atom is -0.476 e. The van der Waals surface area contributed by atoms with Gasteiger partial charge in [-0.05, 0) is 79.9 Å². The molecule has 0 fully saturated rings. The number of hydrogen-bond acceptors (Lipinski definition) is 5. The van der Waals surface area contributed by atoms with Gasteiger partial charge in [-0.25, -0.2) is 4.98 Å². The zero-order valence-electron chi connectivity index (χ0n) is 22.2. The highest BCUT2D eigenvalue weighted by molar-refractivity contribution is 6.47. The third-order valence-electron chi connectivity index (χ3n) is 6.48. The second kappa shape index (κ2) is 11.2. The molecule has 0 aliphatic rings. The Morgan fingerprint density at radius 3 is 2.33 bits per heavy atom. The molecule has 2 aromatic carbocycles. The lowest BCUT2D eigenvalue weighted by atomic mass is 9.99. The lowest BCUT2D eigenvalue weighted by Gasteiger charge is -2.11. The number of nitrogens with zero attached hydrogens (tertiary/aromatic N) is 2. The SMILES string of the molecule is Cc1cc(C)nc(OCCNc2ccc(NC(=O)C(=O)c3c(-c4ccccc4)c(C)c4ccccn34)cc2)c1. The Balaban J connectivity index is 1.25. The van der Waals surface area contributed by atoms with Crippen molar-refractivity contribution < 1.29 is 14.3 Å². The monoisotopic (exact) mass is 518 g/mol. The average Bonchev–Trinajstić information content (AvgIpc) is 3.23. The van der Waals surface area contributed by atoms with E-state index in [9.17, 15) is 9.59 Å². The van der Waals surface area contributed by atoms with Crippen molar-refractivity contribution in [3.05, 3.63) is 114 Å². The molecular weight excluding hydrogens is 488 g/mol. The van der Waals surface area contributed by atoms with Crippen molar-refractivity contribution in [3.63, 3.8) is 0 Å². The largest absolute Gasteiger partial charge is 0.476 e. The number of aromatic nitrogens is 2. The second-order valence-corrected chi connectivity index (χ2v) is 9.43. The fourth-order valence-corrected chi connectivity index (χ4v) is 4.75. The Morgan fingerprint density at radius 2 is 1.59 bits per heavy atom. The number of ketones is 1. The molecular formula is C32H30N4O3. The van der Waals surface area contributed by atoms with E-state index in [1.165, 1.54) is 0 Å². The number of anilines is 2. The zero-order chi connectivity index (χ0) is 27.4. The van der Waals surface area contributed by atoms with Gasteiger partial charge < -0.3 is 19.8 Å². The molecule has 0 unspecified atom stereocenters. The molecule has 3 heterocycles. The first-order chi connectivity index (χ1) is 18.9. The van der Waals surface area contributed by atoms with E-state index in [0.717, 1.165) is 39.2 Å². The maximum atomic E-state index is 13.5. The highest BCUT2D eigenvalue weighted by Crippen LogP contribution is 2.33. The third kappa shape index (κ3) is 5.67. The third-order valence-corrected chi connectivity index (χ3v) is 6.48. The predicted molar refractivity (Wildman–Crippen MR) is 155 cm³/mol. The zero-order valence-corrected chi connectivity index (χ0v) is 22.2. The number of amides is 1. The van der Waals surface area contributed by atoms with Crippen LogP contribution in [0.1, 0.15) is 27.3 Å². The van der Waals surface area contributed by atoms with E-state index in [4.69, 9.17) is 4.74 Å².